The number of carboxylic acid groups (broad SMARTS) is 2. The number of carbonyl (C=O) groups is 5. The summed E-state index contributed by atoms with van der Waals surface area (Å²) in [6, 6.07) is 3.72. The van der Waals surface area contributed by atoms with Crippen LogP contribution in [0.15, 0.2) is 42.9 Å². The number of rotatable bonds is 16. The highest BCUT2D eigenvalue weighted by Gasteiger charge is 2.32. The third-order valence-corrected chi connectivity index (χ3v) is 6.13. The summed E-state index contributed by atoms with van der Waals surface area (Å²) in [5, 5.41) is 26.0. The SMILES string of the molecule is CSCCC(N)C(=O)NC(Cc1ccccc1)C(=O)NC(CC(=O)O)C(=O)NC(Cc1cnc[nH]1)C(=O)O. The number of hydrogen-bond donors (Lipinski definition) is 7. The lowest BCUT2D eigenvalue weighted by Crippen LogP contribution is -2.58. The van der Waals surface area contributed by atoms with Gasteiger partial charge in [-0.05, 0) is 24.0 Å². The van der Waals surface area contributed by atoms with Gasteiger partial charge in [-0.1, -0.05) is 30.3 Å². The first-order valence-electron chi connectivity index (χ1n) is 11.7. The third kappa shape index (κ3) is 10.2. The molecule has 0 saturated carbocycles. The number of nitrogens with two attached hydrogens (primary N) is 1. The average Bonchev–Trinajstić information content (AvgIpc) is 3.39. The molecule has 0 saturated heterocycles. The molecule has 4 unspecified atom stereocenters. The molecule has 1 aromatic heterocycles. The van der Waals surface area contributed by atoms with E-state index < -0.39 is 60.2 Å². The van der Waals surface area contributed by atoms with Crippen molar-refractivity contribution < 1.29 is 34.2 Å². The number of H-pyrrole nitrogens is 1. The van der Waals surface area contributed by atoms with Crippen LogP contribution in [0.5, 0.6) is 0 Å². The topological polar surface area (TPSA) is 217 Å². The van der Waals surface area contributed by atoms with Crippen molar-refractivity contribution in [3.8, 4) is 0 Å². The largest absolute Gasteiger partial charge is 0.481 e. The predicted molar refractivity (Wildman–Crippen MR) is 139 cm³/mol. The first-order valence-corrected chi connectivity index (χ1v) is 13.1. The fourth-order valence-electron chi connectivity index (χ4n) is 3.46. The van der Waals surface area contributed by atoms with E-state index in [1.54, 1.807) is 30.3 Å². The molecule has 0 aliphatic heterocycles. The second kappa shape index (κ2) is 15.4. The van der Waals surface area contributed by atoms with Gasteiger partial charge in [0.1, 0.15) is 18.1 Å². The fourth-order valence-corrected chi connectivity index (χ4v) is 3.95. The number of aromatic nitrogens is 2. The van der Waals surface area contributed by atoms with Crippen LogP contribution in [0.2, 0.25) is 0 Å². The summed E-state index contributed by atoms with van der Waals surface area (Å²) in [6.07, 6.45) is 4.07. The molecule has 14 heteroatoms. The number of thioether (sulfide) groups is 1. The van der Waals surface area contributed by atoms with Crippen LogP contribution in [0.1, 0.15) is 24.1 Å². The van der Waals surface area contributed by atoms with Crippen LogP contribution in [0.25, 0.3) is 0 Å². The number of aromatic amines is 1. The third-order valence-electron chi connectivity index (χ3n) is 5.49. The molecule has 8 N–H and O–H groups in total. The van der Waals surface area contributed by atoms with Crippen LogP contribution in [0, 0.1) is 0 Å². The Bertz CT molecular complexity index is 1080. The maximum absolute atomic E-state index is 13.2. The smallest absolute Gasteiger partial charge is 0.326 e. The van der Waals surface area contributed by atoms with Gasteiger partial charge < -0.3 is 36.9 Å². The normalized spacial score (nSPS) is 13.9. The van der Waals surface area contributed by atoms with E-state index in [0.717, 1.165) is 0 Å². The van der Waals surface area contributed by atoms with Gasteiger partial charge in [0.2, 0.25) is 17.7 Å². The molecule has 4 atom stereocenters. The molecule has 38 heavy (non-hydrogen) atoms. The van der Waals surface area contributed by atoms with Crippen molar-refractivity contribution in [3.63, 3.8) is 0 Å². The number of carboxylic acids is 2. The molecule has 0 aliphatic rings. The Morgan fingerprint density at radius 1 is 0.947 bits per heavy atom. The average molecular weight is 549 g/mol. The molecule has 0 fully saturated rings. The van der Waals surface area contributed by atoms with Gasteiger partial charge in [-0.3, -0.25) is 19.2 Å². The Hall–Kier alpha value is -3.91. The molecule has 0 radical (unpaired) electrons. The zero-order valence-electron chi connectivity index (χ0n) is 20.8. The van der Waals surface area contributed by atoms with Gasteiger partial charge in [0.15, 0.2) is 0 Å². The minimum atomic E-state index is -1.61. The van der Waals surface area contributed by atoms with Crippen molar-refractivity contribution in [2.75, 3.05) is 12.0 Å². The molecular weight excluding hydrogens is 516 g/mol. The van der Waals surface area contributed by atoms with Gasteiger partial charge in [-0.15, -0.1) is 0 Å². The zero-order valence-corrected chi connectivity index (χ0v) is 21.6. The van der Waals surface area contributed by atoms with E-state index in [0.29, 0.717) is 23.4 Å². The van der Waals surface area contributed by atoms with Crippen molar-refractivity contribution in [2.45, 2.75) is 49.9 Å². The number of benzene rings is 1. The number of nitrogens with zero attached hydrogens (tertiary/aromatic N) is 1. The molecule has 13 nitrogen and oxygen atoms in total. The van der Waals surface area contributed by atoms with E-state index in [4.69, 9.17) is 5.73 Å². The van der Waals surface area contributed by atoms with Crippen LogP contribution in [0.3, 0.4) is 0 Å². The second-order valence-corrected chi connectivity index (χ2v) is 9.46. The number of carbonyl (C=O) groups excluding carboxylic acids is 3. The Morgan fingerprint density at radius 2 is 1.58 bits per heavy atom. The summed E-state index contributed by atoms with van der Waals surface area (Å²) in [4.78, 5) is 68.4. The zero-order chi connectivity index (χ0) is 28.1. The maximum atomic E-state index is 13.2. The van der Waals surface area contributed by atoms with Crippen LogP contribution < -0.4 is 21.7 Å². The minimum Gasteiger partial charge on any atom is -0.481 e. The highest BCUT2D eigenvalue weighted by atomic mass is 32.2. The first kappa shape index (κ1) is 30.3. The van der Waals surface area contributed by atoms with Crippen LogP contribution in [-0.4, -0.2) is 86.0 Å². The predicted octanol–water partition coefficient (Wildman–Crippen LogP) is -0.711. The van der Waals surface area contributed by atoms with Crippen molar-refractivity contribution in [2.24, 2.45) is 5.73 Å². The van der Waals surface area contributed by atoms with E-state index in [2.05, 4.69) is 25.9 Å². The van der Waals surface area contributed by atoms with Gasteiger partial charge in [0.25, 0.3) is 0 Å². The summed E-state index contributed by atoms with van der Waals surface area (Å²) >= 11 is 1.51. The fraction of sp³-hybridized carbons (Fsp3) is 0.417. The maximum Gasteiger partial charge on any atom is 0.326 e. The van der Waals surface area contributed by atoms with Gasteiger partial charge in [0.05, 0.1) is 18.8 Å². The molecule has 2 aromatic rings. The van der Waals surface area contributed by atoms with E-state index in [1.807, 2.05) is 6.26 Å². The van der Waals surface area contributed by atoms with Gasteiger partial charge in [0, 0.05) is 24.7 Å². The summed E-state index contributed by atoms with van der Waals surface area (Å²) in [7, 11) is 0. The Balaban J connectivity index is 2.19. The summed E-state index contributed by atoms with van der Waals surface area (Å²) in [5.74, 6) is -4.51. The molecule has 2 rings (SSSR count). The van der Waals surface area contributed by atoms with Crippen LogP contribution >= 0.6 is 11.8 Å². The summed E-state index contributed by atoms with van der Waals surface area (Å²) in [6.45, 7) is 0. The monoisotopic (exact) mass is 548 g/mol. The van der Waals surface area contributed by atoms with E-state index in [1.165, 1.54) is 24.3 Å². The molecule has 3 amide bonds. The van der Waals surface area contributed by atoms with Gasteiger partial charge >= 0.3 is 11.9 Å². The van der Waals surface area contributed by atoms with Crippen molar-refractivity contribution >= 4 is 41.4 Å². The first-order chi connectivity index (χ1) is 18.1. The number of aliphatic carboxylic acids is 2. The summed E-state index contributed by atoms with van der Waals surface area (Å²) < 4.78 is 0. The van der Waals surface area contributed by atoms with Crippen molar-refractivity contribution in [3.05, 3.63) is 54.1 Å². The number of imidazole rings is 1. The van der Waals surface area contributed by atoms with E-state index in [9.17, 15) is 34.2 Å². The highest BCUT2D eigenvalue weighted by molar-refractivity contribution is 7.98. The standard InChI is InChI=1S/C24H32N6O7S/c1-38-8-7-16(25)21(33)28-17(9-14-5-3-2-4-6-14)22(34)29-18(11-20(31)32)23(35)30-19(24(36)37)10-15-12-26-13-27-15/h2-6,12-13,16-19H,7-11,25H2,1H3,(H,26,27)(H,28,33)(H,29,34)(H,30,35)(H,31,32)(H,36,37). The Labute approximate surface area is 223 Å². The van der Waals surface area contributed by atoms with Gasteiger partial charge in [-0.25, -0.2) is 9.78 Å². The van der Waals surface area contributed by atoms with Crippen LogP contribution in [0.4, 0.5) is 0 Å². The number of amides is 3. The quantitative estimate of drug-likeness (QED) is 0.140. The van der Waals surface area contributed by atoms with E-state index in [-0.39, 0.29) is 12.8 Å². The molecular formula is C24H32N6O7S. The van der Waals surface area contributed by atoms with Crippen LogP contribution in [-0.2, 0) is 36.8 Å². The number of nitrogens with one attached hydrogen (secondary N) is 4. The molecule has 1 aromatic carbocycles. The molecule has 206 valence electrons. The molecule has 0 aliphatic carbocycles. The molecule has 0 spiro atoms. The van der Waals surface area contributed by atoms with Gasteiger partial charge in [-0.2, -0.15) is 11.8 Å². The Morgan fingerprint density at radius 3 is 2.16 bits per heavy atom. The number of hydrogen-bond acceptors (Lipinski definition) is 8. The lowest BCUT2D eigenvalue weighted by atomic mass is 10.0. The molecule has 1 heterocycles. The Kier molecular flexibility index (Phi) is 12.3. The minimum absolute atomic E-state index is 0.0483. The lowest BCUT2D eigenvalue weighted by molar-refractivity contribution is -0.143. The molecule has 0 bridgehead atoms. The summed E-state index contributed by atoms with van der Waals surface area (Å²) in [5.41, 5.74) is 7.07. The van der Waals surface area contributed by atoms with Crippen molar-refractivity contribution in [1.82, 2.24) is 25.9 Å². The van der Waals surface area contributed by atoms with Crippen molar-refractivity contribution in [1.29, 1.82) is 0 Å². The highest BCUT2D eigenvalue weighted by Crippen LogP contribution is 2.07. The lowest BCUT2D eigenvalue weighted by Gasteiger charge is -2.24. The second-order valence-electron chi connectivity index (χ2n) is 8.48. The van der Waals surface area contributed by atoms with E-state index >= 15 is 0 Å².